The van der Waals surface area contributed by atoms with Gasteiger partial charge >= 0.3 is 6.18 Å². The van der Waals surface area contributed by atoms with Crippen LogP contribution in [0.25, 0.3) is 0 Å². The van der Waals surface area contributed by atoms with Gasteiger partial charge in [0.2, 0.25) is 0 Å². The summed E-state index contributed by atoms with van der Waals surface area (Å²) < 4.78 is 39.8. The second-order valence-electron chi connectivity index (χ2n) is 4.54. The second kappa shape index (κ2) is 4.44. The van der Waals surface area contributed by atoms with Crippen LogP contribution in [0.1, 0.15) is 37.4 Å². The molecule has 1 aliphatic carbocycles. The van der Waals surface area contributed by atoms with Crippen molar-refractivity contribution in [1.29, 1.82) is 0 Å². The monoisotopic (exact) mass is 265 g/mol. The Morgan fingerprint density at radius 1 is 1.29 bits per heavy atom. The molecular weight excluding hydrogens is 251 g/mol. The number of rotatable bonds is 1. The lowest BCUT2D eigenvalue weighted by Crippen LogP contribution is -2.27. The molecule has 17 heavy (non-hydrogen) atoms. The Hall–Kier alpha value is -0.850. The Labute approximate surface area is 102 Å². The van der Waals surface area contributed by atoms with Crippen LogP contribution >= 0.6 is 12.2 Å². The molecule has 2 rings (SSSR count). The minimum absolute atomic E-state index is 0.0894. The number of hydrogen-bond donors (Lipinski definition) is 1. The summed E-state index contributed by atoms with van der Waals surface area (Å²) in [5.74, 6) is -0.284. The lowest BCUT2D eigenvalue weighted by molar-refractivity contribution is -0.182. The molecule has 0 bridgehead atoms. The summed E-state index contributed by atoms with van der Waals surface area (Å²) in [6.07, 6.45) is -2.63. The fourth-order valence-corrected chi connectivity index (χ4v) is 2.54. The zero-order chi connectivity index (χ0) is 12.6. The first kappa shape index (κ1) is 12.6. The van der Waals surface area contributed by atoms with E-state index in [9.17, 15) is 13.2 Å². The fourth-order valence-electron chi connectivity index (χ4n) is 2.40. The van der Waals surface area contributed by atoms with Crippen LogP contribution in [0.15, 0.2) is 0 Å². The van der Waals surface area contributed by atoms with Crippen molar-refractivity contribution in [2.45, 2.75) is 37.8 Å². The number of halogens is 3. The zero-order valence-corrected chi connectivity index (χ0v) is 10.2. The van der Waals surface area contributed by atoms with Crippen LogP contribution in [0.5, 0.6) is 0 Å². The third-order valence-corrected chi connectivity index (χ3v) is 3.83. The van der Waals surface area contributed by atoms with E-state index >= 15 is 0 Å². The summed E-state index contributed by atoms with van der Waals surface area (Å²) in [6.45, 7) is 0. The van der Waals surface area contributed by atoms with Gasteiger partial charge in [0.25, 0.3) is 0 Å². The maximum atomic E-state index is 12.5. The van der Waals surface area contributed by atoms with Crippen molar-refractivity contribution >= 4 is 12.2 Å². The molecule has 0 saturated heterocycles. The highest BCUT2D eigenvalue weighted by molar-refractivity contribution is 7.71. The topological polar surface area (TPSA) is 33.6 Å². The maximum absolute atomic E-state index is 12.5. The van der Waals surface area contributed by atoms with Crippen molar-refractivity contribution in [3.05, 3.63) is 10.6 Å². The van der Waals surface area contributed by atoms with Gasteiger partial charge in [-0.2, -0.15) is 18.3 Å². The molecule has 0 spiro atoms. The molecule has 1 fully saturated rings. The molecule has 7 heteroatoms. The molecule has 1 aliphatic rings. The van der Waals surface area contributed by atoms with Gasteiger partial charge in [0.15, 0.2) is 4.77 Å². The molecule has 1 saturated carbocycles. The van der Waals surface area contributed by atoms with Gasteiger partial charge in [-0.15, -0.1) is 0 Å². The van der Waals surface area contributed by atoms with Crippen molar-refractivity contribution in [2.75, 3.05) is 0 Å². The first-order valence-corrected chi connectivity index (χ1v) is 5.98. The SMILES string of the molecule is Cn1c(C2CCC(C(F)(F)F)CC2)n[nH]c1=S. The number of nitrogens with one attached hydrogen (secondary N) is 1. The average Bonchev–Trinajstić information content (AvgIpc) is 2.59. The highest BCUT2D eigenvalue weighted by Gasteiger charge is 2.42. The Bertz CT molecular complexity index is 440. The summed E-state index contributed by atoms with van der Waals surface area (Å²) >= 11 is 4.99. The molecule has 0 amide bonds. The molecular formula is C10H14F3N3S. The lowest BCUT2D eigenvalue weighted by Gasteiger charge is -2.29. The zero-order valence-electron chi connectivity index (χ0n) is 9.42. The molecule has 0 atom stereocenters. The van der Waals surface area contributed by atoms with Gasteiger partial charge in [-0.1, -0.05) is 0 Å². The van der Waals surface area contributed by atoms with E-state index in [1.165, 1.54) is 0 Å². The summed E-state index contributed by atoms with van der Waals surface area (Å²) in [5, 5.41) is 6.76. The van der Waals surface area contributed by atoms with Crippen LogP contribution in [0, 0.1) is 10.7 Å². The summed E-state index contributed by atoms with van der Waals surface area (Å²) in [6, 6.07) is 0. The van der Waals surface area contributed by atoms with E-state index in [0.717, 1.165) is 5.82 Å². The predicted molar refractivity (Wildman–Crippen MR) is 59.1 cm³/mol. The van der Waals surface area contributed by atoms with Crippen molar-refractivity contribution in [1.82, 2.24) is 14.8 Å². The van der Waals surface area contributed by atoms with Gasteiger partial charge in [0.1, 0.15) is 5.82 Å². The van der Waals surface area contributed by atoms with Gasteiger partial charge in [0.05, 0.1) is 5.92 Å². The van der Waals surface area contributed by atoms with Gasteiger partial charge in [-0.25, -0.2) is 0 Å². The van der Waals surface area contributed by atoms with Crippen LogP contribution in [0.2, 0.25) is 0 Å². The van der Waals surface area contributed by atoms with E-state index in [0.29, 0.717) is 17.6 Å². The third-order valence-electron chi connectivity index (χ3n) is 3.47. The Morgan fingerprint density at radius 3 is 2.29 bits per heavy atom. The van der Waals surface area contributed by atoms with Crippen molar-refractivity contribution in [3.63, 3.8) is 0 Å². The smallest absolute Gasteiger partial charge is 0.307 e. The lowest BCUT2D eigenvalue weighted by atomic mass is 9.81. The highest BCUT2D eigenvalue weighted by atomic mass is 32.1. The van der Waals surface area contributed by atoms with Crippen molar-refractivity contribution in [3.8, 4) is 0 Å². The van der Waals surface area contributed by atoms with Gasteiger partial charge in [-0.3, -0.25) is 5.10 Å². The van der Waals surface area contributed by atoms with Crippen molar-refractivity contribution in [2.24, 2.45) is 13.0 Å². The van der Waals surface area contributed by atoms with Gasteiger partial charge in [-0.05, 0) is 37.9 Å². The third kappa shape index (κ3) is 2.53. The van der Waals surface area contributed by atoms with Crippen LogP contribution in [0.3, 0.4) is 0 Å². The average molecular weight is 265 g/mol. The molecule has 0 unspecified atom stereocenters. The van der Waals surface area contributed by atoms with E-state index in [1.54, 1.807) is 11.6 Å². The minimum Gasteiger partial charge on any atom is -0.307 e. The second-order valence-corrected chi connectivity index (χ2v) is 4.92. The predicted octanol–water partition coefficient (Wildman–Crippen LogP) is 3.31. The number of hydrogen-bond acceptors (Lipinski definition) is 2. The fraction of sp³-hybridized carbons (Fsp3) is 0.800. The normalized spacial score (nSPS) is 26.1. The first-order valence-electron chi connectivity index (χ1n) is 5.57. The van der Waals surface area contributed by atoms with Crippen LogP contribution < -0.4 is 0 Å². The minimum atomic E-state index is -4.05. The highest BCUT2D eigenvalue weighted by Crippen LogP contribution is 2.42. The number of nitrogens with zero attached hydrogens (tertiary/aromatic N) is 2. The number of H-pyrrole nitrogens is 1. The van der Waals surface area contributed by atoms with E-state index < -0.39 is 12.1 Å². The molecule has 1 N–H and O–H groups in total. The molecule has 3 nitrogen and oxygen atoms in total. The van der Waals surface area contributed by atoms with E-state index in [2.05, 4.69) is 10.2 Å². The first-order chi connectivity index (χ1) is 7.89. The maximum Gasteiger partial charge on any atom is 0.391 e. The van der Waals surface area contributed by atoms with E-state index in [4.69, 9.17) is 12.2 Å². The summed E-state index contributed by atoms with van der Waals surface area (Å²) in [4.78, 5) is 0. The molecule has 96 valence electrons. The molecule has 0 aliphatic heterocycles. The van der Waals surface area contributed by atoms with E-state index in [1.807, 2.05) is 0 Å². The van der Waals surface area contributed by atoms with Crippen LogP contribution in [-0.2, 0) is 7.05 Å². The standard InChI is InChI=1S/C10H14F3N3S/c1-16-8(14-15-9(16)17)6-2-4-7(5-3-6)10(11,12)13/h6-7H,2-5H2,1H3,(H,15,17). The molecule has 0 radical (unpaired) electrons. The largest absolute Gasteiger partial charge is 0.391 e. The Balaban J connectivity index is 2.05. The molecule has 0 aromatic carbocycles. The Kier molecular flexibility index (Phi) is 3.29. The van der Waals surface area contributed by atoms with Crippen LogP contribution in [0.4, 0.5) is 13.2 Å². The molecule has 1 aromatic rings. The number of aromatic nitrogens is 3. The number of alkyl halides is 3. The summed E-state index contributed by atoms with van der Waals surface area (Å²) in [7, 11) is 1.79. The van der Waals surface area contributed by atoms with Gasteiger partial charge < -0.3 is 4.57 Å². The molecule has 1 heterocycles. The number of aromatic amines is 1. The van der Waals surface area contributed by atoms with Crippen molar-refractivity contribution < 1.29 is 13.2 Å². The quantitative estimate of drug-likeness (QED) is 0.790. The van der Waals surface area contributed by atoms with Gasteiger partial charge in [0, 0.05) is 13.0 Å². The van der Waals surface area contributed by atoms with Crippen LogP contribution in [-0.4, -0.2) is 20.9 Å². The molecule has 1 aromatic heterocycles. The van der Waals surface area contributed by atoms with E-state index in [-0.39, 0.29) is 18.8 Å². The summed E-state index contributed by atoms with van der Waals surface area (Å²) in [5.41, 5.74) is 0. The Morgan fingerprint density at radius 2 is 1.88 bits per heavy atom.